The van der Waals surface area contributed by atoms with Crippen molar-refractivity contribution in [3.8, 4) is 0 Å². The Kier molecular flexibility index (Phi) is 2.75. The first-order chi connectivity index (χ1) is 7.23. The van der Waals surface area contributed by atoms with Crippen LogP contribution >= 0.6 is 0 Å². The Morgan fingerprint density at radius 3 is 2.80 bits per heavy atom. The van der Waals surface area contributed by atoms with Gasteiger partial charge >= 0.3 is 5.97 Å². The molecule has 4 heteroatoms. The molecule has 0 amide bonds. The third kappa shape index (κ3) is 2.03. The highest BCUT2D eigenvalue weighted by atomic mass is 16.4. The lowest BCUT2D eigenvalue weighted by Gasteiger charge is -2.42. The molecule has 0 saturated heterocycles. The van der Waals surface area contributed by atoms with Crippen LogP contribution in [-0.2, 0) is 10.3 Å². The summed E-state index contributed by atoms with van der Waals surface area (Å²) in [5.74, 6) is -0.704. The third-order valence-electron chi connectivity index (χ3n) is 3.31. The zero-order valence-corrected chi connectivity index (χ0v) is 8.72. The molecule has 0 spiro atoms. The van der Waals surface area contributed by atoms with Gasteiger partial charge in [-0.1, -0.05) is 0 Å². The van der Waals surface area contributed by atoms with Gasteiger partial charge in [-0.25, -0.2) is 0 Å². The molecule has 1 aliphatic carbocycles. The maximum atomic E-state index is 10.5. The molecule has 0 unspecified atom stereocenters. The molecule has 0 aliphatic heterocycles. The first-order valence-corrected chi connectivity index (χ1v) is 5.45. The number of hydrogen-bond acceptors (Lipinski definition) is 2. The van der Waals surface area contributed by atoms with Crippen LogP contribution in [0, 0.1) is 0 Å². The summed E-state index contributed by atoms with van der Waals surface area (Å²) in [6.45, 7) is 0. The van der Waals surface area contributed by atoms with Gasteiger partial charge in [0.2, 0.25) is 0 Å². The first-order valence-electron chi connectivity index (χ1n) is 5.45. The van der Waals surface area contributed by atoms with Gasteiger partial charge < -0.3 is 5.11 Å². The number of rotatable bonds is 5. The SMILES string of the molecule is O=C(O)CCCC1(n2cccn2)CCC1. The van der Waals surface area contributed by atoms with Gasteiger partial charge in [0.25, 0.3) is 0 Å². The molecule has 0 radical (unpaired) electrons. The molecule has 1 aromatic heterocycles. The highest BCUT2D eigenvalue weighted by molar-refractivity contribution is 5.66. The Morgan fingerprint density at radius 1 is 1.53 bits per heavy atom. The monoisotopic (exact) mass is 208 g/mol. The van der Waals surface area contributed by atoms with Crippen molar-refractivity contribution in [1.82, 2.24) is 9.78 Å². The number of hydrogen-bond donors (Lipinski definition) is 1. The van der Waals surface area contributed by atoms with E-state index in [0.717, 1.165) is 25.7 Å². The van der Waals surface area contributed by atoms with Crippen LogP contribution in [-0.4, -0.2) is 20.9 Å². The maximum absolute atomic E-state index is 10.5. The molecule has 2 rings (SSSR count). The fourth-order valence-corrected chi connectivity index (χ4v) is 2.30. The number of nitrogens with zero attached hydrogens (tertiary/aromatic N) is 2. The lowest BCUT2D eigenvalue weighted by atomic mass is 9.73. The molecule has 82 valence electrons. The van der Waals surface area contributed by atoms with Gasteiger partial charge in [-0.15, -0.1) is 0 Å². The summed E-state index contributed by atoms with van der Waals surface area (Å²) < 4.78 is 2.01. The van der Waals surface area contributed by atoms with Crippen molar-refractivity contribution in [2.75, 3.05) is 0 Å². The van der Waals surface area contributed by atoms with Gasteiger partial charge in [-0.3, -0.25) is 9.48 Å². The van der Waals surface area contributed by atoms with Gasteiger partial charge in [0.1, 0.15) is 0 Å². The van der Waals surface area contributed by atoms with Crippen LogP contribution in [0.3, 0.4) is 0 Å². The van der Waals surface area contributed by atoms with E-state index < -0.39 is 5.97 Å². The smallest absolute Gasteiger partial charge is 0.303 e. The average molecular weight is 208 g/mol. The highest BCUT2D eigenvalue weighted by Gasteiger charge is 2.38. The van der Waals surface area contributed by atoms with E-state index in [1.54, 1.807) is 6.20 Å². The number of aromatic nitrogens is 2. The summed E-state index contributed by atoms with van der Waals surface area (Å²) in [4.78, 5) is 10.5. The molecule has 0 atom stereocenters. The molecular weight excluding hydrogens is 192 g/mol. The number of carboxylic acid groups (broad SMARTS) is 1. The lowest BCUT2D eigenvalue weighted by molar-refractivity contribution is -0.137. The van der Waals surface area contributed by atoms with Crippen molar-refractivity contribution in [2.24, 2.45) is 0 Å². The lowest BCUT2D eigenvalue weighted by Crippen LogP contribution is -2.41. The van der Waals surface area contributed by atoms with Crippen molar-refractivity contribution >= 4 is 5.97 Å². The van der Waals surface area contributed by atoms with E-state index in [1.807, 2.05) is 16.9 Å². The molecule has 0 bridgehead atoms. The Bertz CT molecular complexity index is 328. The number of carbonyl (C=O) groups is 1. The van der Waals surface area contributed by atoms with Crippen LogP contribution in [0.4, 0.5) is 0 Å². The molecule has 0 aromatic carbocycles. The largest absolute Gasteiger partial charge is 0.481 e. The molecule has 1 fully saturated rings. The summed E-state index contributed by atoms with van der Waals surface area (Å²) in [5, 5.41) is 12.9. The third-order valence-corrected chi connectivity index (χ3v) is 3.31. The van der Waals surface area contributed by atoms with E-state index in [1.165, 1.54) is 6.42 Å². The Hall–Kier alpha value is -1.32. The number of carboxylic acids is 1. The highest BCUT2D eigenvalue weighted by Crippen LogP contribution is 2.42. The van der Waals surface area contributed by atoms with Crippen molar-refractivity contribution in [1.29, 1.82) is 0 Å². The second-order valence-corrected chi connectivity index (χ2v) is 4.28. The molecule has 4 nitrogen and oxygen atoms in total. The molecule has 1 aromatic rings. The van der Waals surface area contributed by atoms with Crippen LogP contribution in [0.15, 0.2) is 18.5 Å². The molecular formula is C11H16N2O2. The minimum absolute atomic E-state index is 0.124. The second-order valence-electron chi connectivity index (χ2n) is 4.28. The van der Waals surface area contributed by atoms with Crippen molar-refractivity contribution in [3.63, 3.8) is 0 Å². The van der Waals surface area contributed by atoms with E-state index in [-0.39, 0.29) is 12.0 Å². The van der Waals surface area contributed by atoms with Gasteiger partial charge in [0.05, 0.1) is 5.54 Å². The maximum Gasteiger partial charge on any atom is 0.303 e. The topological polar surface area (TPSA) is 55.1 Å². The Balaban J connectivity index is 1.94. The minimum atomic E-state index is -0.704. The van der Waals surface area contributed by atoms with E-state index in [0.29, 0.717) is 0 Å². The van der Waals surface area contributed by atoms with Crippen molar-refractivity contribution in [3.05, 3.63) is 18.5 Å². The molecule has 1 N–H and O–H groups in total. The van der Waals surface area contributed by atoms with Crippen molar-refractivity contribution < 1.29 is 9.90 Å². The normalized spacial score (nSPS) is 18.4. The predicted molar refractivity (Wildman–Crippen MR) is 55.5 cm³/mol. The summed E-state index contributed by atoms with van der Waals surface area (Å²) in [6, 6.07) is 1.93. The zero-order chi connectivity index (χ0) is 10.7. The standard InChI is InChI=1S/C11H16N2O2/c14-10(15)4-1-5-11(6-2-7-11)13-9-3-8-12-13/h3,8-9H,1-2,4-7H2,(H,14,15). The van der Waals surface area contributed by atoms with Gasteiger partial charge in [0.15, 0.2) is 0 Å². The summed E-state index contributed by atoms with van der Waals surface area (Å²) in [5.41, 5.74) is 0.124. The molecule has 1 aliphatic rings. The minimum Gasteiger partial charge on any atom is -0.481 e. The molecule has 1 saturated carbocycles. The fraction of sp³-hybridized carbons (Fsp3) is 0.636. The second kappa shape index (κ2) is 4.04. The van der Waals surface area contributed by atoms with Crippen LogP contribution < -0.4 is 0 Å². The fourth-order valence-electron chi connectivity index (χ4n) is 2.30. The van der Waals surface area contributed by atoms with E-state index in [2.05, 4.69) is 5.10 Å². The van der Waals surface area contributed by atoms with Gasteiger partial charge in [-0.05, 0) is 38.2 Å². The average Bonchev–Trinajstić information content (AvgIpc) is 2.62. The zero-order valence-electron chi connectivity index (χ0n) is 8.72. The quantitative estimate of drug-likeness (QED) is 0.805. The molecule has 1 heterocycles. The van der Waals surface area contributed by atoms with E-state index in [9.17, 15) is 4.79 Å². The van der Waals surface area contributed by atoms with E-state index >= 15 is 0 Å². The first kappa shape index (κ1) is 10.2. The predicted octanol–water partition coefficient (Wildman–Crippen LogP) is 2.02. The summed E-state index contributed by atoms with van der Waals surface area (Å²) in [7, 11) is 0. The van der Waals surface area contributed by atoms with Crippen LogP contribution in [0.25, 0.3) is 0 Å². The van der Waals surface area contributed by atoms with Gasteiger partial charge in [0, 0.05) is 18.8 Å². The van der Waals surface area contributed by atoms with E-state index in [4.69, 9.17) is 5.11 Å². The van der Waals surface area contributed by atoms with Crippen LogP contribution in [0.5, 0.6) is 0 Å². The summed E-state index contributed by atoms with van der Waals surface area (Å²) in [6.07, 6.45) is 9.21. The summed E-state index contributed by atoms with van der Waals surface area (Å²) >= 11 is 0. The van der Waals surface area contributed by atoms with Gasteiger partial charge in [-0.2, -0.15) is 5.10 Å². The Morgan fingerprint density at radius 2 is 2.33 bits per heavy atom. The van der Waals surface area contributed by atoms with Crippen molar-refractivity contribution in [2.45, 2.75) is 44.1 Å². The Labute approximate surface area is 88.9 Å². The number of aliphatic carboxylic acids is 1. The van der Waals surface area contributed by atoms with Crippen LogP contribution in [0.2, 0.25) is 0 Å². The molecule has 15 heavy (non-hydrogen) atoms. The van der Waals surface area contributed by atoms with Crippen LogP contribution in [0.1, 0.15) is 38.5 Å².